The molecule has 5 heteroatoms. The molecule has 0 aliphatic rings. The van der Waals surface area contributed by atoms with Crippen LogP contribution in [0.5, 0.6) is 0 Å². The first-order valence-electron chi connectivity index (χ1n) is 6.11. The van der Waals surface area contributed by atoms with Crippen LogP contribution >= 0.6 is 27.5 Å². The van der Waals surface area contributed by atoms with Gasteiger partial charge < -0.3 is 5.32 Å². The highest BCUT2D eigenvalue weighted by Gasteiger charge is 2.11. The lowest BCUT2D eigenvalue weighted by Gasteiger charge is -2.16. The van der Waals surface area contributed by atoms with Crippen LogP contribution in [-0.4, -0.2) is 6.04 Å². The fraction of sp³-hybridized carbons (Fsp3) is 0.200. The van der Waals surface area contributed by atoms with Gasteiger partial charge in [0.1, 0.15) is 11.6 Å². The third kappa shape index (κ3) is 3.93. The van der Waals surface area contributed by atoms with Gasteiger partial charge in [0.05, 0.1) is 10.2 Å². The maximum absolute atomic E-state index is 13.6. The van der Waals surface area contributed by atoms with Gasteiger partial charge in [0.15, 0.2) is 0 Å². The Bertz CT molecular complexity index is 602. The molecule has 1 nitrogen and oxygen atoms in total. The highest BCUT2D eigenvalue weighted by Crippen LogP contribution is 2.24. The number of rotatable bonds is 4. The van der Waals surface area contributed by atoms with E-state index in [2.05, 4.69) is 21.2 Å². The summed E-state index contributed by atoms with van der Waals surface area (Å²) in [6, 6.07) is 9.76. The van der Waals surface area contributed by atoms with Crippen molar-refractivity contribution < 1.29 is 8.78 Å². The average Bonchev–Trinajstić information content (AvgIpc) is 2.39. The summed E-state index contributed by atoms with van der Waals surface area (Å²) in [6.07, 6.45) is 0.714. The van der Waals surface area contributed by atoms with Crippen molar-refractivity contribution in [2.45, 2.75) is 19.4 Å². The minimum Gasteiger partial charge on any atom is -0.380 e. The second-order valence-corrected chi connectivity index (χ2v) is 5.91. The Morgan fingerprint density at radius 3 is 2.45 bits per heavy atom. The lowest BCUT2D eigenvalue weighted by Crippen LogP contribution is -2.19. The van der Waals surface area contributed by atoms with E-state index in [0.29, 0.717) is 11.4 Å². The van der Waals surface area contributed by atoms with Gasteiger partial charge in [-0.25, -0.2) is 8.78 Å². The van der Waals surface area contributed by atoms with Gasteiger partial charge in [-0.1, -0.05) is 23.7 Å². The summed E-state index contributed by atoms with van der Waals surface area (Å²) in [4.78, 5) is 0. The molecule has 1 N–H and O–H groups in total. The summed E-state index contributed by atoms with van der Waals surface area (Å²) in [6.45, 7) is 1.94. The molecule has 0 bridgehead atoms. The van der Waals surface area contributed by atoms with Crippen LogP contribution in [0.4, 0.5) is 14.5 Å². The first kappa shape index (κ1) is 15.3. The third-order valence-electron chi connectivity index (χ3n) is 2.87. The van der Waals surface area contributed by atoms with Crippen molar-refractivity contribution >= 4 is 33.2 Å². The molecule has 0 fully saturated rings. The fourth-order valence-electron chi connectivity index (χ4n) is 1.92. The van der Waals surface area contributed by atoms with Gasteiger partial charge in [-0.3, -0.25) is 0 Å². The van der Waals surface area contributed by atoms with E-state index in [1.165, 1.54) is 6.07 Å². The molecule has 0 radical (unpaired) electrons. The van der Waals surface area contributed by atoms with Gasteiger partial charge in [-0.05, 0) is 53.0 Å². The van der Waals surface area contributed by atoms with Gasteiger partial charge in [-0.15, -0.1) is 0 Å². The zero-order valence-corrected chi connectivity index (χ0v) is 13.1. The van der Waals surface area contributed by atoms with E-state index in [4.69, 9.17) is 11.6 Å². The minimum absolute atomic E-state index is 0.00281. The molecule has 0 amide bonds. The quantitative estimate of drug-likeness (QED) is 0.718. The van der Waals surface area contributed by atoms with Crippen molar-refractivity contribution in [1.29, 1.82) is 0 Å². The van der Waals surface area contributed by atoms with E-state index < -0.39 is 11.6 Å². The van der Waals surface area contributed by atoms with E-state index in [-0.39, 0.29) is 16.2 Å². The van der Waals surface area contributed by atoms with Crippen LogP contribution in [0.15, 0.2) is 40.9 Å². The molecular formula is C15H13BrClF2N. The van der Waals surface area contributed by atoms with Gasteiger partial charge >= 0.3 is 0 Å². The van der Waals surface area contributed by atoms with Crippen LogP contribution in [0.2, 0.25) is 5.02 Å². The standard InChI is InChI=1S/C15H13BrClF2N/c1-9(6-10-2-4-11(17)5-3-10)20-15-7-12(16)13(18)8-14(15)19/h2-5,7-9,20H,6H2,1H3. The maximum Gasteiger partial charge on any atom is 0.149 e. The van der Waals surface area contributed by atoms with Crippen molar-refractivity contribution in [1.82, 2.24) is 0 Å². The Balaban J connectivity index is 2.06. The lowest BCUT2D eigenvalue weighted by molar-refractivity contribution is 0.579. The first-order valence-corrected chi connectivity index (χ1v) is 7.28. The molecule has 0 saturated carbocycles. The largest absolute Gasteiger partial charge is 0.380 e. The summed E-state index contributed by atoms with van der Waals surface area (Å²) in [7, 11) is 0. The molecule has 0 saturated heterocycles. The predicted molar refractivity (Wildman–Crippen MR) is 82.3 cm³/mol. The molecule has 1 unspecified atom stereocenters. The van der Waals surface area contributed by atoms with E-state index in [1.807, 2.05) is 31.2 Å². The Hall–Kier alpha value is -1.13. The topological polar surface area (TPSA) is 12.0 Å². The molecule has 20 heavy (non-hydrogen) atoms. The SMILES string of the molecule is CC(Cc1ccc(Cl)cc1)Nc1cc(Br)c(F)cc1F. The maximum atomic E-state index is 13.6. The molecule has 106 valence electrons. The molecule has 2 aromatic rings. The van der Waals surface area contributed by atoms with Crippen molar-refractivity contribution in [2.75, 3.05) is 5.32 Å². The van der Waals surface area contributed by atoms with Gasteiger partial charge in [0.25, 0.3) is 0 Å². The van der Waals surface area contributed by atoms with E-state index in [1.54, 1.807) is 0 Å². The Kier molecular flexibility index (Phi) is 5.00. The highest BCUT2D eigenvalue weighted by atomic mass is 79.9. The van der Waals surface area contributed by atoms with E-state index >= 15 is 0 Å². The first-order chi connectivity index (χ1) is 9.45. The van der Waals surface area contributed by atoms with Crippen LogP contribution in [0.25, 0.3) is 0 Å². The fourth-order valence-corrected chi connectivity index (χ4v) is 2.39. The molecule has 2 rings (SSSR count). The van der Waals surface area contributed by atoms with Gasteiger partial charge in [-0.2, -0.15) is 0 Å². The molecule has 1 atom stereocenters. The van der Waals surface area contributed by atoms with Crippen LogP contribution in [0.3, 0.4) is 0 Å². The number of anilines is 1. The Labute approximate surface area is 130 Å². The van der Waals surface area contributed by atoms with E-state index in [9.17, 15) is 8.78 Å². The molecule has 0 aliphatic heterocycles. The zero-order valence-electron chi connectivity index (χ0n) is 10.8. The highest BCUT2D eigenvalue weighted by molar-refractivity contribution is 9.10. The third-order valence-corrected chi connectivity index (χ3v) is 3.73. The molecule has 0 spiro atoms. The van der Waals surface area contributed by atoms with Crippen molar-refractivity contribution in [3.05, 3.63) is 63.1 Å². The zero-order chi connectivity index (χ0) is 14.7. The molecule has 0 aliphatic carbocycles. The van der Waals surface area contributed by atoms with Crippen molar-refractivity contribution in [2.24, 2.45) is 0 Å². The van der Waals surface area contributed by atoms with Crippen molar-refractivity contribution in [3.8, 4) is 0 Å². The molecule has 0 heterocycles. The smallest absolute Gasteiger partial charge is 0.149 e. The summed E-state index contributed by atoms with van der Waals surface area (Å²) < 4.78 is 27.0. The summed E-state index contributed by atoms with van der Waals surface area (Å²) in [5.41, 5.74) is 1.37. The average molecular weight is 361 g/mol. The predicted octanol–water partition coefficient (Wildman–Crippen LogP) is 5.42. The van der Waals surface area contributed by atoms with Crippen LogP contribution < -0.4 is 5.32 Å². The monoisotopic (exact) mass is 359 g/mol. The van der Waals surface area contributed by atoms with Crippen molar-refractivity contribution in [3.63, 3.8) is 0 Å². The number of benzene rings is 2. The Morgan fingerprint density at radius 2 is 1.80 bits per heavy atom. The lowest BCUT2D eigenvalue weighted by atomic mass is 10.1. The van der Waals surface area contributed by atoms with Crippen LogP contribution in [0.1, 0.15) is 12.5 Å². The number of nitrogens with one attached hydrogen (secondary N) is 1. The van der Waals surface area contributed by atoms with E-state index in [0.717, 1.165) is 11.6 Å². The summed E-state index contributed by atoms with van der Waals surface area (Å²) in [5, 5.41) is 3.72. The second kappa shape index (κ2) is 6.55. The second-order valence-electron chi connectivity index (χ2n) is 4.62. The summed E-state index contributed by atoms with van der Waals surface area (Å²) >= 11 is 8.87. The normalized spacial score (nSPS) is 12.2. The number of hydrogen-bond donors (Lipinski definition) is 1. The van der Waals surface area contributed by atoms with Crippen LogP contribution in [-0.2, 0) is 6.42 Å². The van der Waals surface area contributed by atoms with Gasteiger partial charge in [0, 0.05) is 17.1 Å². The Morgan fingerprint density at radius 1 is 1.15 bits per heavy atom. The molecular weight excluding hydrogens is 348 g/mol. The number of hydrogen-bond acceptors (Lipinski definition) is 1. The van der Waals surface area contributed by atoms with Gasteiger partial charge in [0.2, 0.25) is 0 Å². The van der Waals surface area contributed by atoms with Crippen LogP contribution in [0, 0.1) is 11.6 Å². The molecule has 2 aromatic carbocycles. The number of halogens is 4. The summed E-state index contributed by atoms with van der Waals surface area (Å²) in [5.74, 6) is -1.22. The minimum atomic E-state index is -0.613. The molecule has 0 aromatic heterocycles.